The van der Waals surface area contributed by atoms with Gasteiger partial charge in [-0.3, -0.25) is 0 Å². The Hall–Kier alpha value is -1.64. The summed E-state index contributed by atoms with van der Waals surface area (Å²) in [6.45, 7) is 5.90. The molecule has 1 unspecified atom stereocenters. The largest absolute Gasteiger partial charge is 0.315 e. The van der Waals surface area contributed by atoms with Gasteiger partial charge in [-0.05, 0) is 43.5 Å². The van der Waals surface area contributed by atoms with Crippen LogP contribution in [0.25, 0.3) is 0 Å². The van der Waals surface area contributed by atoms with Crippen molar-refractivity contribution in [2.75, 3.05) is 32.7 Å². The lowest BCUT2D eigenvalue weighted by Crippen LogP contribution is -2.37. The molecule has 0 saturated carbocycles. The van der Waals surface area contributed by atoms with Gasteiger partial charge in [0.1, 0.15) is 0 Å². The van der Waals surface area contributed by atoms with Gasteiger partial charge in [-0.2, -0.15) is 0 Å². The second kappa shape index (κ2) is 9.61. The molecule has 128 valence electrons. The van der Waals surface area contributed by atoms with E-state index in [-0.39, 0.29) is 0 Å². The summed E-state index contributed by atoms with van der Waals surface area (Å²) in [6, 6.07) is 21.8. The van der Waals surface area contributed by atoms with E-state index in [0.29, 0.717) is 5.92 Å². The molecule has 0 spiro atoms. The number of hydrogen-bond donors (Lipinski definition) is 1. The highest BCUT2D eigenvalue weighted by Crippen LogP contribution is 2.20. The third-order valence-corrected chi connectivity index (χ3v) is 5.04. The summed E-state index contributed by atoms with van der Waals surface area (Å²) in [5.74, 6) is 0.537. The third-order valence-electron chi connectivity index (χ3n) is 5.04. The van der Waals surface area contributed by atoms with E-state index < -0.39 is 0 Å². The Morgan fingerprint density at radius 3 is 2.21 bits per heavy atom. The maximum absolute atomic E-state index is 3.71. The maximum Gasteiger partial charge on any atom is 0.0107 e. The van der Waals surface area contributed by atoms with Crippen molar-refractivity contribution >= 4 is 0 Å². The number of piperidine rings is 1. The second-order valence-electron chi connectivity index (χ2n) is 6.90. The Morgan fingerprint density at radius 1 is 0.833 bits per heavy atom. The van der Waals surface area contributed by atoms with Crippen LogP contribution in [-0.4, -0.2) is 37.6 Å². The lowest BCUT2D eigenvalue weighted by molar-refractivity contribution is 0.228. The molecular weight excluding hydrogens is 292 g/mol. The number of benzene rings is 2. The van der Waals surface area contributed by atoms with E-state index in [1.807, 2.05) is 0 Å². The van der Waals surface area contributed by atoms with Gasteiger partial charge in [0.15, 0.2) is 0 Å². The van der Waals surface area contributed by atoms with E-state index in [9.17, 15) is 0 Å². The fourth-order valence-corrected chi connectivity index (χ4v) is 3.63. The van der Waals surface area contributed by atoms with Crippen molar-refractivity contribution in [1.82, 2.24) is 10.2 Å². The Morgan fingerprint density at radius 2 is 1.50 bits per heavy atom. The van der Waals surface area contributed by atoms with E-state index in [4.69, 9.17) is 0 Å². The van der Waals surface area contributed by atoms with Crippen molar-refractivity contribution in [2.45, 2.75) is 31.6 Å². The second-order valence-corrected chi connectivity index (χ2v) is 6.90. The number of nitrogens with one attached hydrogen (secondary N) is 1. The van der Waals surface area contributed by atoms with Crippen LogP contribution < -0.4 is 5.32 Å². The van der Waals surface area contributed by atoms with E-state index in [0.717, 1.165) is 19.5 Å². The molecule has 0 amide bonds. The van der Waals surface area contributed by atoms with E-state index >= 15 is 0 Å². The van der Waals surface area contributed by atoms with Gasteiger partial charge in [-0.1, -0.05) is 67.1 Å². The van der Waals surface area contributed by atoms with Crippen molar-refractivity contribution < 1.29 is 0 Å². The van der Waals surface area contributed by atoms with Gasteiger partial charge in [-0.15, -0.1) is 0 Å². The molecule has 24 heavy (non-hydrogen) atoms. The van der Waals surface area contributed by atoms with Crippen molar-refractivity contribution in [1.29, 1.82) is 0 Å². The predicted octanol–water partition coefficient (Wildman–Crippen LogP) is 4.09. The first-order valence-electron chi connectivity index (χ1n) is 9.44. The van der Waals surface area contributed by atoms with Gasteiger partial charge in [0.05, 0.1) is 0 Å². The minimum atomic E-state index is 0.537. The van der Waals surface area contributed by atoms with Gasteiger partial charge in [0.25, 0.3) is 0 Å². The molecule has 1 heterocycles. The van der Waals surface area contributed by atoms with Gasteiger partial charge in [-0.25, -0.2) is 0 Å². The number of hydrogen-bond acceptors (Lipinski definition) is 2. The first-order valence-corrected chi connectivity index (χ1v) is 9.44. The van der Waals surface area contributed by atoms with Crippen LogP contribution in [-0.2, 0) is 6.42 Å². The van der Waals surface area contributed by atoms with E-state index in [1.54, 1.807) is 0 Å². The Bertz CT molecular complexity index is 561. The zero-order valence-corrected chi connectivity index (χ0v) is 14.7. The fraction of sp³-hybridized carbons (Fsp3) is 0.455. The lowest BCUT2D eigenvalue weighted by atomic mass is 9.92. The molecule has 3 rings (SSSR count). The van der Waals surface area contributed by atoms with E-state index in [1.165, 1.54) is 50.0 Å². The highest BCUT2D eigenvalue weighted by molar-refractivity contribution is 5.24. The van der Waals surface area contributed by atoms with Crippen LogP contribution in [0.1, 0.15) is 36.3 Å². The van der Waals surface area contributed by atoms with Crippen LogP contribution in [0, 0.1) is 0 Å². The summed E-state index contributed by atoms with van der Waals surface area (Å²) in [6.07, 6.45) is 5.26. The smallest absolute Gasteiger partial charge is 0.0107 e. The topological polar surface area (TPSA) is 15.3 Å². The first kappa shape index (κ1) is 17.2. The maximum atomic E-state index is 3.71. The van der Waals surface area contributed by atoms with Crippen molar-refractivity contribution in [3.05, 3.63) is 71.8 Å². The monoisotopic (exact) mass is 322 g/mol. The summed E-state index contributed by atoms with van der Waals surface area (Å²) in [4.78, 5) is 2.60. The molecule has 2 aromatic carbocycles. The molecule has 0 aromatic heterocycles. The number of rotatable bonds is 8. The third kappa shape index (κ3) is 5.47. The lowest BCUT2D eigenvalue weighted by Gasteiger charge is -2.27. The molecule has 1 aliphatic heterocycles. The summed E-state index contributed by atoms with van der Waals surface area (Å²) in [5, 5.41) is 3.71. The van der Waals surface area contributed by atoms with E-state index in [2.05, 4.69) is 70.9 Å². The molecule has 1 atom stereocenters. The molecule has 2 heteroatoms. The van der Waals surface area contributed by atoms with Crippen molar-refractivity contribution in [3.8, 4) is 0 Å². The molecular formula is C22H30N2. The van der Waals surface area contributed by atoms with Gasteiger partial charge < -0.3 is 10.2 Å². The molecule has 2 nitrogen and oxygen atoms in total. The fourth-order valence-electron chi connectivity index (χ4n) is 3.63. The molecule has 1 N–H and O–H groups in total. The summed E-state index contributed by atoms with van der Waals surface area (Å²) < 4.78 is 0. The zero-order chi connectivity index (χ0) is 16.5. The minimum Gasteiger partial charge on any atom is -0.315 e. The van der Waals surface area contributed by atoms with Crippen LogP contribution >= 0.6 is 0 Å². The van der Waals surface area contributed by atoms with Crippen molar-refractivity contribution in [2.24, 2.45) is 0 Å². The molecule has 1 fully saturated rings. The average Bonchev–Trinajstić information content (AvgIpc) is 2.66. The highest BCUT2D eigenvalue weighted by atomic mass is 15.1. The summed E-state index contributed by atoms with van der Waals surface area (Å²) in [5.41, 5.74) is 2.86. The molecule has 1 aliphatic rings. The van der Waals surface area contributed by atoms with Crippen LogP contribution in [0.3, 0.4) is 0 Å². The zero-order valence-electron chi connectivity index (χ0n) is 14.7. The number of nitrogens with zero attached hydrogens (tertiary/aromatic N) is 1. The Labute approximate surface area is 146 Å². The normalized spacial score (nSPS) is 16.8. The van der Waals surface area contributed by atoms with Crippen LogP contribution in [0.5, 0.6) is 0 Å². The predicted molar refractivity (Wildman–Crippen MR) is 102 cm³/mol. The summed E-state index contributed by atoms with van der Waals surface area (Å²) >= 11 is 0. The highest BCUT2D eigenvalue weighted by Gasteiger charge is 2.13. The van der Waals surface area contributed by atoms with Crippen LogP contribution in [0.15, 0.2) is 60.7 Å². The molecule has 0 bridgehead atoms. The molecule has 0 radical (unpaired) electrons. The standard InChI is InChI=1S/C22H30N2/c1-4-10-20(11-5-1)18-22(21-12-6-2-7-13-21)19-23-14-17-24-15-8-3-9-16-24/h1-2,4-7,10-13,22-23H,3,8-9,14-19H2. The SMILES string of the molecule is c1ccc(CC(CNCCN2CCCCC2)c2ccccc2)cc1. The Kier molecular flexibility index (Phi) is 6.88. The first-order chi connectivity index (χ1) is 11.9. The minimum absolute atomic E-state index is 0.537. The van der Waals surface area contributed by atoms with Gasteiger partial charge in [0.2, 0.25) is 0 Å². The van der Waals surface area contributed by atoms with Crippen LogP contribution in [0.4, 0.5) is 0 Å². The Balaban J connectivity index is 1.52. The summed E-state index contributed by atoms with van der Waals surface area (Å²) in [7, 11) is 0. The quantitative estimate of drug-likeness (QED) is 0.737. The number of likely N-dealkylation sites (tertiary alicyclic amines) is 1. The average molecular weight is 322 g/mol. The van der Waals surface area contributed by atoms with Gasteiger partial charge in [0, 0.05) is 25.6 Å². The molecule has 1 saturated heterocycles. The van der Waals surface area contributed by atoms with Crippen LogP contribution in [0.2, 0.25) is 0 Å². The van der Waals surface area contributed by atoms with Gasteiger partial charge >= 0.3 is 0 Å². The van der Waals surface area contributed by atoms with Crippen molar-refractivity contribution in [3.63, 3.8) is 0 Å². The molecule has 2 aromatic rings. The molecule has 0 aliphatic carbocycles.